The highest BCUT2D eigenvalue weighted by Crippen LogP contribution is 2.32. The van der Waals surface area contributed by atoms with Crippen molar-refractivity contribution in [3.8, 4) is 0 Å². The van der Waals surface area contributed by atoms with E-state index >= 15 is 0 Å². The lowest BCUT2D eigenvalue weighted by molar-refractivity contribution is 0.342. The molecule has 2 atom stereocenters. The van der Waals surface area contributed by atoms with Crippen LogP contribution >= 0.6 is 0 Å². The SMILES string of the molecule is NC1CCCC1c1nc(Cc2cc(F)cc(F)c2)no1. The number of nitrogens with two attached hydrogens (primary N) is 1. The van der Waals surface area contributed by atoms with Crippen LogP contribution in [0.15, 0.2) is 22.7 Å². The van der Waals surface area contributed by atoms with Crippen molar-refractivity contribution < 1.29 is 13.3 Å². The number of nitrogens with zero attached hydrogens (tertiary/aromatic N) is 2. The molecule has 20 heavy (non-hydrogen) atoms. The van der Waals surface area contributed by atoms with Crippen LogP contribution in [-0.2, 0) is 6.42 Å². The molecule has 2 aromatic rings. The maximum atomic E-state index is 13.1. The summed E-state index contributed by atoms with van der Waals surface area (Å²) in [6.07, 6.45) is 3.19. The summed E-state index contributed by atoms with van der Waals surface area (Å²) in [4.78, 5) is 4.29. The van der Waals surface area contributed by atoms with Gasteiger partial charge in [0.05, 0.1) is 5.92 Å². The van der Waals surface area contributed by atoms with Crippen LogP contribution in [0.25, 0.3) is 0 Å². The van der Waals surface area contributed by atoms with Crippen molar-refractivity contribution in [1.29, 1.82) is 0 Å². The van der Waals surface area contributed by atoms with E-state index in [0.29, 0.717) is 17.3 Å². The van der Waals surface area contributed by atoms with Gasteiger partial charge in [0.1, 0.15) is 11.6 Å². The van der Waals surface area contributed by atoms with Crippen molar-refractivity contribution in [2.24, 2.45) is 5.73 Å². The second-order valence-corrected chi connectivity index (χ2v) is 5.20. The molecule has 0 bridgehead atoms. The molecule has 2 N–H and O–H groups in total. The van der Waals surface area contributed by atoms with Crippen LogP contribution in [-0.4, -0.2) is 16.2 Å². The van der Waals surface area contributed by atoms with Gasteiger partial charge in [0.15, 0.2) is 5.82 Å². The fraction of sp³-hybridized carbons (Fsp3) is 0.429. The molecule has 6 heteroatoms. The van der Waals surface area contributed by atoms with E-state index in [1.807, 2.05) is 0 Å². The zero-order valence-corrected chi connectivity index (χ0v) is 10.9. The minimum Gasteiger partial charge on any atom is -0.339 e. The van der Waals surface area contributed by atoms with E-state index in [9.17, 15) is 8.78 Å². The minimum atomic E-state index is -0.610. The number of benzene rings is 1. The van der Waals surface area contributed by atoms with E-state index in [0.717, 1.165) is 25.3 Å². The van der Waals surface area contributed by atoms with Gasteiger partial charge in [-0.15, -0.1) is 0 Å². The van der Waals surface area contributed by atoms with Gasteiger partial charge in [-0.05, 0) is 30.5 Å². The first-order valence-corrected chi connectivity index (χ1v) is 6.65. The molecular formula is C14H15F2N3O. The third-order valence-electron chi connectivity index (χ3n) is 3.65. The molecule has 0 saturated heterocycles. The van der Waals surface area contributed by atoms with Crippen LogP contribution in [0.5, 0.6) is 0 Å². The van der Waals surface area contributed by atoms with Crippen LogP contribution in [0.1, 0.15) is 42.5 Å². The maximum Gasteiger partial charge on any atom is 0.231 e. The molecule has 1 aliphatic carbocycles. The molecule has 2 unspecified atom stereocenters. The van der Waals surface area contributed by atoms with Crippen molar-refractivity contribution in [3.63, 3.8) is 0 Å². The Bertz CT molecular complexity index is 594. The van der Waals surface area contributed by atoms with Crippen molar-refractivity contribution in [2.75, 3.05) is 0 Å². The number of hydrogen-bond donors (Lipinski definition) is 1. The van der Waals surface area contributed by atoms with Gasteiger partial charge in [0.2, 0.25) is 5.89 Å². The monoisotopic (exact) mass is 279 g/mol. The Hall–Kier alpha value is -1.82. The van der Waals surface area contributed by atoms with Crippen molar-refractivity contribution >= 4 is 0 Å². The summed E-state index contributed by atoms with van der Waals surface area (Å²) in [6, 6.07) is 3.42. The van der Waals surface area contributed by atoms with E-state index in [4.69, 9.17) is 10.3 Å². The first kappa shape index (κ1) is 13.2. The van der Waals surface area contributed by atoms with Gasteiger partial charge >= 0.3 is 0 Å². The van der Waals surface area contributed by atoms with Crippen LogP contribution in [0, 0.1) is 11.6 Å². The standard InChI is InChI=1S/C14H15F2N3O/c15-9-4-8(5-10(16)7-9)6-13-18-14(20-19-13)11-2-1-3-12(11)17/h4-5,7,11-12H,1-3,6,17H2. The molecular weight excluding hydrogens is 264 g/mol. The topological polar surface area (TPSA) is 64.9 Å². The second-order valence-electron chi connectivity index (χ2n) is 5.20. The summed E-state index contributed by atoms with van der Waals surface area (Å²) in [5.74, 6) is -0.172. The number of rotatable bonds is 3. The molecule has 4 nitrogen and oxygen atoms in total. The fourth-order valence-corrected chi connectivity index (χ4v) is 2.68. The Balaban J connectivity index is 1.77. The predicted molar refractivity (Wildman–Crippen MR) is 68.0 cm³/mol. The molecule has 0 aliphatic heterocycles. The average Bonchev–Trinajstić information content (AvgIpc) is 2.96. The molecule has 1 aromatic carbocycles. The van der Waals surface area contributed by atoms with E-state index in [1.54, 1.807) is 0 Å². The minimum absolute atomic E-state index is 0.0508. The summed E-state index contributed by atoms with van der Waals surface area (Å²) in [6.45, 7) is 0. The summed E-state index contributed by atoms with van der Waals surface area (Å²) in [5.41, 5.74) is 6.46. The van der Waals surface area contributed by atoms with Gasteiger partial charge in [-0.3, -0.25) is 0 Å². The van der Waals surface area contributed by atoms with Gasteiger partial charge in [0.25, 0.3) is 0 Å². The van der Waals surface area contributed by atoms with E-state index in [2.05, 4.69) is 10.1 Å². The Kier molecular flexibility index (Phi) is 3.48. The van der Waals surface area contributed by atoms with Gasteiger partial charge in [-0.2, -0.15) is 4.98 Å². The molecule has 1 saturated carbocycles. The Morgan fingerprint density at radius 3 is 2.60 bits per heavy atom. The summed E-state index contributed by atoms with van der Waals surface area (Å²) in [5, 5.41) is 3.86. The third-order valence-corrected chi connectivity index (χ3v) is 3.65. The Labute approximate surface area is 115 Å². The molecule has 1 heterocycles. The maximum absolute atomic E-state index is 13.1. The number of hydrogen-bond acceptors (Lipinski definition) is 4. The number of halogens is 2. The average molecular weight is 279 g/mol. The lowest BCUT2D eigenvalue weighted by Gasteiger charge is -2.08. The molecule has 1 fully saturated rings. The molecule has 3 rings (SSSR count). The highest BCUT2D eigenvalue weighted by atomic mass is 19.1. The zero-order chi connectivity index (χ0) is 14.1. The van der Waals surface area contributed by atoms with Crippen LogP contribution in [0.4, 0.5) is 8.78 Å². The van der Waals surface area contributed by atoms with Crippen molar-refractivity contribution in [3.05, 3.63) is 47.1 Å². The van der Waals surface area contributed by atoms with Crippen molar-refractivity contribution in [1.82, 2.24) is 10.1 Å². The van der Waals surface area contributed by atoms with Gasteiger partial charge in [-0.1, -0.05) is 11.6 Å². The first-order valence-electron chi connectivity index (χ1n) is 6.65. The highest BCUT2D eigenvalue weighted by molar-refractivity contribution is 5.21. The third kappa shape index (κ3) is 2.70. The molecule has 0 spiro atoms. The smallest absolute Gasteiger partial charge is 0.231 e. The van der Waals surface area contributed by atoms with Crippen LogP contribution in [0.2, 0.25) is 0 Å². The molecule has 1 aliphatic rings. The normalized spacial score (nSPS) is 22.4. The Morgan fingerprint density at radius 2 is 1.95 bits per heavy atom. The lowest BCUT2D eigenvalue weighted by atomic mass is 10.1. The predicted octanol–water partition coefficient (Wildman–Crippen LogP) is 2.53. The first-order chi connectivity index (χ1) is 9.61. The molecule has 0 amide bonds. The summed E-state index contributed by atoms with van der Waals surface area (Å²) in [7, 11) is 0. The molecule has 0 radical (unpaired) electrons. The fourth-order valence-electron chi connectivity index (χ4n) is 2.68. The van der Waals surface area contributed by atoms with Crippen molar-refractivity contribution in [2.45, 2.75) is 37.6 Å². The lowest BCUT2D eigenvalue weighted by Crippen LogP contribution is -2.22. The Morgan fingerprint density at radius 1 is 1.20 bits per heavy atom. The second kappa shape index (κ2) is 5.28. The van der Waals surface area contributed by atoms with Crippen LogP contribution < -0.4 is 5.73 Å². The molecule has 1 aromatic heterocycles. The summed E-state index contributed by atoms with van der Waals surface area (Å²) < 4.78 is 31.4. The summed E-state index contributed by atoms with van der Waals surface area (Å²) >= 11 is 0. The van der Waals surface area contributed by atoms with E-state index in [-0.39, 0.29) is 18.4 Å². The quantitative estimate of drug-likeness (QED) is 0.937. The van der Waals surface area contributed by atoms with Gasteiger partial charge in [0, 0.05) is 18.5 Å². The zero-order valence-electron chi connectivity index (χ0n) is 10.9. The van der Waals surface area contributed by atoms with E-state index in [1.165, 1.54) is 12.1 Å². The highest BCUT2D eigenvalue weighted by Gasteiger charge is 2.30. The largest absolute Gasteiger partial charge is 0.339 e. The van der Waals surface area contributed by atoms with Gasteiger partial charge in [-0.25, -0.2) is 8.78 Å². The molecule has 106 valence electrons. The van der Waals surface area contributed by atoms with Gasteiger partial charge < -0.3 is 10.3 Å². The van der Waals surface area contributed by atoms with Crippen LogP contribution in [0.3, 0.4) is 0 Å². The van der Waals surface area contributed by atoms with E-state index < -0.39 is 11.6 Å². The number of aromatic nitrogens is 2.